The molecule has 0 aliphatic carbocycles. The van der Waals surface area contributed by atoms with Crippen LogP contribution in [0.5, 0.6) is 0 Å². The van der Waals surface area contributed by atoms with Gasteiger partial charge in [0.05, 0.1) is 17.0 Å². The summed E-state index contributed by atoms with van der Waals surface area (Å²) >= 11 is 0. The second-order valence-electron chi connectivity index (χ2n) is 4.77. The van der Waals surface area contributed by atoms with Crippen molar-refractivity contribution in [1.29, 1.82) is 0 Å². The largest absolute Gasteiger partial charge is 0.416 e. The van der Waals surface area contributed by atoms with Crippen LogP contribution in [-0.4, -0.2) is 53.0 Å². The number of carbonyl (C=O) groups excluding carboxylic acids is 1. The molecule has 0 fully saturated rings. The number of rotatable bonds is 7. The number of nitrogens with zero attached hydrogens (tertiary/aromatic N) is 1. The zero-order valence-electron chi connectivity index (χ0n) is 13.1. The van der Waals surface area contributed by atoms with Gasteiger partial charge >= 0.3 is 6.18 Å². The fourth-order valence-corrected chi connectivity index (χ4v) is 2.64. The Morgan fingerprint density at radius 3 is 2.46 bits per heavy atom. The maximum atomic E-state index is 12.6. The Morgan fingerprint density at radius 2 is 1.92 bits per heavy atom. The first-order valence-electron chi connectivity index (χ1n) is 6.63. The highest BCUT2D eigenvalue weighted by Crippen LogP contribution is 2.30. The van der Waals surface area contributed by atoms with Crippen molar-refractivity contribution in [3.8, 4) is 0 Å². The average molecular weight is 390 g/mol. The lowest BCUT2D eigenvalue weighted by Crippen LogP contribution is -2.40. The van der Waals surface area contributed by atoms with Crippen molar-refractivity contribution in [2.45, 2.75) is 11.1 Å². The van der Waals surface area contributed by atoms with Crippen LogP contribution in [-0.2, 0) is 21.0 Å². The second-order valence-corrected chi connectivity index (χ2v) is 6.54. The molecule has 0 saturated heterocycles. The fraction of sp³-hybridized carbons (Fsp3) is 0.462. The van der Waals surface area contributed by atoms with Gasteiger partial charge in [0.25, 0.3) is 0 Å². The summed E-state index contributed by atoms with van der Waals surface area (Å²) in [5.74, 6) is -0.490. The van der Waals surface area contributed by atoms with Crippen molar-refractivity contribution in [2.75, 3.05) is 33.7 Å². The molecule has 0 bridgehead atoms. The molecule has 0 heterocycles. The van der Waals surface area contributed by atoms with E-state index in [4.69, 9.17) is 0 Å². The van der Waals surface area contributed by atoms with Crippen LogP contribution in [0.4, 0.5) is 13.2 Å². The number of carbonyl (C=O) groups is 1. The Hall–Kier alpha value is -1.36. The van der Waals surface area contributed by atoms with E-state index >= 15 is 0 Å². The van der Waals surface area contributed by atoms with Crippen LogP contribution in [0.2, 0.25) is 0 Å². The molecular formula is C13H19ClF3N3O3S. The molecule has 1 rings (SSSR count). The van der Waals surface area contributed by atoms with Gasteiger partial charge in [-0.05, 0) is 25.2 Å². The quantitative estimate of drug-likeness (QED) is 0.731. The molecule has 1 aromatic carbocycles. The first kappa shape index (κ1) is 22.6. The number of sulfonamides is 1. The predicted molar refractivity (Wildman–Crippen MR) is 85.4 cm³/mol. The summed E-state index contributed by atoms with van der Waals surface area (Å²) < 4.78 is 63.8. The van der Waals surface area contributed by atoms with Gasteiger partial charge in [-0.3, -0.25) is 4.79 Å². The monoisotopic (exact) mass is 389 g/mol. The number of hydrogen-bond acceptors (Lipinski definition) is 4. The molecule has 11 heteroatoms. The number of likely N-dealkylation sites (N-methyl/N-ethyl adjacent to an activating group) is 2. The van der Waals surface area contributed by atoms with Crippen molar-refractivity contribution >= 4 is 28.3 Å². The average Bonchev–Trinajstić information content (AvgIpc) is 2.49. The van der Waals surface area contributed by atoms with Crippen molar-refractivity contribution in [3.05, 3.63) is 29.8 Å². The van der Waals surface area contributed by atoms with Crippen LogP contribution >= 0.6 is 12.4 Å². The van der Waals surface area contributed by atoms with Crippen molar-refractivity contribution in [3.63, 3.8) is 0 Å². The van der Waals surface area contributed by atoms with Gasteiger partial charge in [0.15, 0.2) is 0 Å². The zero-order valence-corrected chi connectivity index (χ0v) is 14.7. The van der Waals surface area contributed by atoms with E-state index in [1.165, 1.54) is 11.9 Å². The van der Waals surface area contributed by atoms with Gasteiger partial charge < -0.3 is 10.2 Å². The number of halogens is 4. The van der Waals surface area contributed by atoms with Crippen LogP contribution < -0.4 is 10.0 Å². The van der Waals surface area contributed by atoms with Gasteiger partial charge in [-0.1, -0.05) is 6.07 Å². The molecule has 1 amide bonds. The minimum atomic E-state index is -4.64. The highest BCUT2D eigenvalue weighted by atomic mass is 35.5. The van der Waals surface area contributed by atoms with Gasteiger partial charge in [-0.15, -0.1) is 12.4 Å². The molecule has 0 aliphatic rings. The fourth-order valence-electron chi connectivity index (χ4n) is 1.62. The molecule has 6 nitrogen and oxygen atoms in total. The molecule has 1 aromatic rings. The van der Waals surface area contributed by atoms with Crippen LogP contribution in [0.25, 0.3) is 0 Å². The van der Waals surface area contributed by atoms with E-state index in [0.717, 1.165) is 18.2 Å². The van der Waals surface area contributed by atoms with Gasteiger partial charge in [-0.25, -0.2) is 13.1 Å². The Kier molecular flexibility index (Phi) is 8.69. The lowest BCUT2D eigenvalue weighted by atomic mass is 10.2. The third kappa shape index (κ3) is 6.63. The maximum Gasteiger partial charge on any atom is 0.416 e. The smallest absolute Gasteiger partial charge is 0.343 e. The van der Waals surface area contributed by atoms with E-state index < -0.39 is 39.1 Å². The summed E-state index contributed by atoms with van der Waals surface area (Å²) in [5.41, 5.74) is -1.07. The zero-order chi connectivity index (χ0) is 17.7. The third-order valence-corrected chi connectivity index (χ3v) is 4.41. The number of nitrogens with one attached hydrogen (secondary N) is 2. The maximum absolute atomic E-state index is 12.6. The summed E-state index contributed by atoms with van der Waals surface area (Å²) in [5, 5.41) is 2.83. The first-order chi connectivity index (χ1) is 10.6. The molecule has 0 aliphatic heterocycles. The predicted octanol–water partition coefficient (Wildman–Crippen LogP) is 1.08. The molecule has 0 radical (unpaired) electrons. The number of hydrogen-bond donors (Lipinski definition) is 2. The minimum Gasteiger partial charge on any atom is -0.343 e. The number of amides is 1. The van der Waals surface area contributed by atoms with E-state index in [-0.39, 0.29) is 12.4 Å². The SMILES string of the molecule is CNCCN(C)C(=O)CNS(=O)(=O)c1cccc(C(F)(F)F)c1.Cl. The second kappa shape index (κ2) is 9.21. The van der Waals surface area contributed by atoms with E-state index in [2.05, 4.69) is 5.32 Å². The number of benzene rings is 1. The summed E-state index contributed by atoms with van der Waals surface area (Å²) in [6.07, 6.45) is -4.64. The summed E-state index contributed by atoms with van der Waals surface area (Å²) in [6, 6.07) is 3.33. The Labute approximate surface area is 144 Å². The lowest BCUT2D eigenvalue weighted by Gasteiger charge is -2.17. The Balaban J connectivity index is 0.00000529. The van der Waals surface area contributed by atoms with Crippen LogP contribution in [0.3, 0.4) is 0 Å². The summed E-state index contributed by atoms with van der Waals surface area (Å²) in [7, 11) is -1.00. The molecular weight excluding hydrogens is 371 g/mol. The first-order valence-corrected chi connectivity index (χ1v) is 8.11. The van der Waals surface area contributed by atoms with E-state index in [0.29, 0.717) is 19.2 Å². The minimum absolute atomic E-state index is 0. The molecule has 0 aromatic heterocycles. The third-order valence-electron chi connectivity index (χ3n) is 3.01. The Morgan fingerprint density at radius 1 is 1.29 bits per heavy atom. The standard InChI is InChI=1S/C13H18F3N3O3S.ClH/c1-17-6-7-19(2)12(20)9-18-23(21,22)11-5-3-4-10(8-11)13(14,15)16;/h3-5,8,17-18H,6-7,9H2,1-2H3;1H. The van der Waals surface area contributed by atoms with Gasteiger partial charge in [0.1, 0.15) is 0 Å². The van der Waals surface area contributed by atoms with Crippen LogP contribution in [0.1, 0.15) is 5.56 Å². The van der Waals surface area contributed by atoms with Crippen molar-refractivity contribution in [1.82, 2.24) is 14.9 Å². The molecule has 2 N–H and O–H groups in total. The van der Waals surface area contributed by atoms with Gasteiger partial charge in [0.2, 0.25) is 15.9 Å². The molecule has 0 spiro atoms. The highest BCUT2D eigenvalue weighted by molar-refractivity contribution is 7.89. The highest BCUT2D eigenvalue weighted by Gasteiger charge is 2.31. The van der Waals surface area contributed by atoms with Crippen LogP contribution in [0, 0.1) is 0 Å². The topological polar surface area (TPSA) is 78.5 Å². The number of alkyl halides is 3. The molecule has 0 saturated carbocycles. The molecule has 24 heavy (non-hydrogen) atoms. The molecule has 0 atom stereocenters. The van der Waals surface area contributed by atoms with Crippen molar-refractivity contribution in [2.24, 2.45) is 0 Å². The lowest BCUT2D eigenvalue weighted by molar-refractivity contribution is -0.137. The van der Waals surface area contributed by atoms with Gasteiger partial charge in [-0.2, -0.15) is 13.2 Å². The molecule has 138 valence electrons. The van der Waals surface area contributed by atoms with E-state index in [9.17, 15) is 26.4 Å². The van der Waals surface area contributed by atoms with Gasteiger partial charge in [0, 0.05) is 20.1 Å². The molecule has 0 unspecified atom stereocenters. The normalized spacial score (nSPS) is 11.7. The van der Waals surface area contributed by atoms with Crippen LogP contribution in [0.15, 0.2) is 29.2 Å². The van der Waals surface area contributed by atoms with E-state index in [1.54, 1.807) is 7.05 Å². The van der Waals surface area contributed by atoms with Crippen molar-refractivity contribution < 1.29 is 26.4 Å². The summed E-state index contributed by atoms with van der Waals surface area (Å²) in [6.45, 7) is 0.377. The Bertz CT molecular complexity index is 653. The summed E-state index contributed by atoms with van der Waals surface area (Å²) in [4.78, 5) is 12.5. The van der Waals surface area contributed by atoms with E-state index in [1.807, 2.05) is 4.72 Å².